The summed E-state index contributed by atoms with van der Waals surface area (Å²) in [5, 5.41) is 0. The second-order valence-electron chi connectivity index (χ2n) is 4.59. The Kier molecular flexibility index (Phi) is 10.6. The monoisotopic (exact) mass is 223 g/mol. The van der Waals surface area contributed by atoms with Crippen LogP contribution >= 0.6 is 0 Å². The molecule has 0 aromatic carbocycles. The summed E-state index contributed by atoms with van der Waals surface area (Å²) in [6.07, 6.45) is 16.9. The SMILES string of the molecule is CCCC/C=C/C(/C=C/CCCC)N(C)C. The minimum absolute atomic E-state index is 0.466. The molecule has 0 N–H and O–H groups in total. The van der Waals surface area contributed by atoms with Gasteiger partial charge in [-0.1, -0.05) is 63.8 Å². The molecule has 0 aromatic heterocycles. The lowest BCUT2D eigenvalue weighted by molar-refractivity contribution is 0.390. The van der Waals surface area contributed by atoms with Crippen LogP contribution in [0.2, 0.25) is 0 Å². The topological polar surface area (TPSA) is 3.24 Å². The van der Waals surface area contributed by atoms with E-state index in [9.17, 15) is 0 Å². The Morgan fingerprint density at radius 3 is 1.62 bits per heavy atom. The number of rotatable bonds is 9. The van der Waals surface area contributed by atoms with E-state index in [0.717, 1.165) is 0 Å². The van der Waals surface area contributed by atoms with Crippen LogP contribution in [-0.4, -0.2) is 25.0 Å². The van der Waals surface area contributed by atoms with E-state index in [1.165, 1.54) is 38.5 Å². The molecule has 0 amide bonds. The fraction of sp³-hybridized carbons (Fsp3) is 0.733. The zero-order valence-electron chi connectivity index (χ0n) is 11.6. The minimum atomic E-state index is 0.466. The highest BCUT2D eigenvalue weighted by Gasteiger charge is 2.00. The van der Waals surface area contributed by atoms with Crippen LogP contribution in [0.4, 0.5) is 0 Å². The molecule has 0 bridgehead atoms. The van der Waals surface area contributed by atoms with Crippen molar-refractivity contribution >= 4 is 0 Å². The van der Waals surface area contributed by atoms with Crippen LogP contribution < -0.4 is 0 Å². The lowest BCUT2D eigenvalue weighted by Crippen LogP contribution is -2.23. The van der Waals surface area contributed by atoms with Gasteiger partial charge in [0, 0.05) is 6.04 Å². The first-order valence-electron chi connectivity index (χ1n) is 6.72. The first-order valence-corrected chi connectivity index (χ1v) is 6.72. The van der Waals surface area contributed by atoms with Gasteiger partial charge in [-0.2, -0.15) is 0 Å². The number of likely N-dealkylation sites (N-methyl/N-ethyl adjacent to an activating group) is 1. The van der Waals surface area contributed by atoms with Crippen molar-refractivity contribution in [3.63, 3.8) is 0 Å². The molecule has 0 spiro atoms. The Bertz CT molecular complexity index is 174. The highest BCUT2D eigenvalue weighted by molar-refractivity contribution is 5.05. The zero-order valence-corrected chi connectivity index (χ0v) is 11.6. The Morgan fingerprint density at radius 2 is 1.31 bits per heavy atom. The predicted molar refractivity (Wildman–Crippen MR) is 74.8 cm³/mol. The maximum atomic E-state index is 2.32. The molecule has 0 aliphatic heterocycles. The van der Waals surface area contributed by atoms with Gasteiger partial charge in [-0.25, -0.2) is 0 Å². The van der Waals surface area contributed by atoms with Gasteiger partial charge >= 0.3 is 0 Å². The quantitative estimate of drug-likeness (QED) is 0.413. The van der Waals surface area contributed by atoms with Crippen LogP contribution in [-0.2, 0) is 0 Å². The Morgan fingerprint density at radius 1 is 0.875 bits per heavy atom. The fourth-order valence-electron chi connectivity index (χ4n) is 1.52. The molecule has 94 valence electrons. The molecule has 0 saturated carbocycles. The Labute approximate surface area is 102 Å². The van der Waals surface area contributed by atoms with E-state index in [-0.39, 0.29) is 0 Å². The number of nitrogens with zero attached hydrogens (tertiary/aromatic N) is 1. The summed E-state index contributed by atoms with van der Waals surface area (Å²) in [4.78, 5) is 2.25. The van der Waals surface area contributed by atoms with Crippen molar-refractivity contribution < 1.29 is 0 Å². The van der Waals surface area contributed by atoms with Crippen LogP contribution in [0.3, 0.4) is 0 Å². The van der Waals surface area contributed by atoms with Gasteiger partial charge in [-0.15, -0.1) is 0 Å². The van der Waals surface area contributed by atoms with Gasteiger partial charge in [-0.05, 0) is 26.9 Å². The van der Waals surface area contributed by atoms with Crippen LogP contribution in [0.25, 0.3) is 0 Å². The standard InChI is InChI=1S/C15H29N/c1-5-7-9-11-13-15(16(3)4)14-12-10-8-6-2/h11-15H,5-10H2,1-4H3/b13-11+,14-12+. The maximum Gasteiger partial charge on any atom is 0.0455 e. The average Bonchev–Trinajstić information content (AvgIpc) is 2.26. The molecule has 0 aliphatic carbocycles. The van der Waals surface area contributed by atoms with Gasteiger partial charge in [0.2, 0.25) is 0 Å². The minimum Gasteiger partial charge on any atom is -0.300 e. The third kappa shape index (κ3) is 8.72. The molecule has 0 radical (unpaired) electrons. The summed E-state index contributed by atoms with van der Waals surface area (Å²) in [5.74, 6) is 0. The summed E-state index contributed by atoms with van der Waals surface area (Å²) < 4.78 is 0. The predicted octanol–water partition coefficient (Wildman–Crippen LogP) is 4.41. The van der Waals surface area contributed by atoms with Crippen molar-refractivity contribution in [3.05, 3.63) is 24.3 Å². The summed E-state index contributed by atoms with van der Waals surface area (Å²) in [5.41, 5.74) is 0. The third-order valence-corrected chi connectivity index (χ3v) is 2.71. The van der Waals surface area contributed by atoms with Crippen molar-refractivity contribution in [2.45, 2.75) is 58.4 Å². The van der Waals surface area contributed by atoms with Crippen LogP contribution in [0.5, 0.6) is 0 Å². The smallest absolute Gasteiger partial charge is 0.0455 e. The van der Waals surface area contributed by atoms with Crippen molar-refractivity contribution in [2.24, 2.45) is 0 Å². The molecule has 0 fully saturated rings. The van der Waals surface area contributed by atoms with E-state index in [1.54, 1.807) is 0 Å². The van der Waals surface area contributed by atoms with Crippen LogP contribution in [0.15, 0.2) is 24.3 Å². The van der Waals surface area contributed by atoms with E-state index in [4.69, 9.17) is 0 Å². The summed E-state index contributed by atoms with van der Waals surface area (Å²) in [6.45, 7) is 4.48. The number of unbranched alkanes of at least 4 members (excludes halogenated alkanes) is 4. The zero-order chi connectivity index (χ0) is 12.2. The average molecular weight is 223 g/mol. The van der Waals surface area contributed by atoms with Crippen LogP contribution in [0.1, 0.15) is 52.4 Å². The Hall–Kier alpha value is -0.560. The molecule has 0 atom stereocenters. The van der Waals surface area contributed by atoms with E-state index in [2.05, 4.69) is 57.1 Å². The van der Waals surface area contributed by atoms with E-state index in [0.29, 0.717) is 6.04 Å². The van der Waals surface area contributed by atoms with Gasteiger partial charge in [0.05, 0.1) is 0 Å². The number of hydrogen-bond acceptors (Lipinski definition) is 1. The fourth-order valence-corrected chi connectivity index (χ4v) is 1.52. The molecule has 0 rings (SSSR count). The lowest BCUT2D eigenvalue weighted by atomic mass is 10.1. The van der Waals surface area contributed by atoms with Gasteiger partial charge < -0.3 is 0 Å². The largest absolute Gasteiger partial charge is 0.300 e. The van der Waals surface area contributed by atoms with Crippen molar-refractivity contribution in [1.29, 1.82) is 0 Å². The molecule has 0 aromatic rings. The molecule has 16 heavy (non-hydrogen) atoms. The molecule has 1 nitrogen and oxygen atoms in total. The molecule has 1 heteroatoms. The maximum absolute atomic E-state index is 2.32. The van der Waals surface area contributed by atoms with Gasteiger partial charge in [-0.3, -0.25) is 4.90 Å². The van der Waals surface area contributed by atoms with E-state index < -0.39 is 0 Å². The normalized spacial score (nSPS) is 12.6. The second kappa shape index (κ2) is 10.9. The van der Waals surface area contributed by atoms with Gasteiger partial charge in [0.25, 0.3) is 0 Å². The van der Waals surface area contributed by atoms with Crippen molar-refractivity contribution in [3.8, 4) is 0 Å². The molecule has 0 unspecified atom stereocenters. The summed E-state index contributed by atoms with van der Waals surface area (Å²) in [6, 6.07) is 0.466. The van der Waals surface area contributed by atoms with E-state index >= 15 is 0 Å². The van der Waals surface area contributed by atoms with E-state index in [1.807, 2.05) is 0 Å². The van der Waals surface area contributed by atoms with Gasteiger partial charge in [0.1, 0.15) is 0 Å². The summed E-state index contributed by atoms with van der Waals surface area (Å²) in [7, 11) is 4.28. The highest BCUT2D eigenvalue weighted by Crippen LogP contribution is 2.04. The summed E-state index contributed by atoms with van der Waals surface area (Å²) >= 11 is 0. The van der Waals surface area contributed by atoms with Crippen molar-refractivity contribution in [1.82, 2.24) is 4.90 Å². The first-order chi connectivity index (χ1) is 7.72. The molecular formula is C15H29N. The van der Waals surface area contributed by atoms with Crippen molar-refractivity contribution in [2.75, 3.05) is 14.1 Å². The second-order valence-corrected chi connectivity index (χ2v) is 4.59. The molecule has 0 aliphatic rings. The first kappa shape index (κ1) is 15.4. The number of hydrogen-bond donors (Lipinski definition) is 0. The Balaban J connectivity index is 3.96. The third-order valence-electron chi connectivity index (χ3n) is 2.71. The molecular weight excluding hydrogens is 194 g/mol. The van der Waals surface area contributed by atoms with Crippen LogP contribution in [0, 0.1) is 0 Å². The lowest BCUT2D eigenvalue weighted by Gasteiger charge is -2.17. The molecule has 0 heterocycles. The highest BCUT2D eigenvalue weighted by atomic mass is 15.1. The number of allylic oxidation sites excluding steroid dienone is 2. The van der Waals surface area contributed by atoms with Gasteiger partial charge in [0.15, 0.2) is 0 Å². The molecule has 0 saturated heterocycles.